The zero-order valence-corrected chi connectivity index (χ0v) is 49.4. The van der Waals surface area contributed by atoms with Gasteiger partial charge in [-0.05, 0) is 122 Å². The molecule has 1 rings (SSSR count). The lowest BCUT2D eigenvalue weighted by molar-refractivity contribution is -0.137. The average molecular weight is 1170 g/mol. The van der Waals surface area contributed by atoms with Crippen molar-refractivity contribution in [2.24, 2.45) is 46.4 Å². The number of aliphatic hydroxyl groups excluding tert-OH is 2. The summed E-state index contributed by atoms with van der Waals surface area (Å²) >= 11 is 0. The fourth-order valence-corrected chi connectivity index (χ4v) is 8.80. The zero-order valence-electron chi connectivity index (χ0n) is 49.4. The molecule has 12 unspecified atom stereocenters. The highest BCUT2D eigenvalue weighted by atomic mass is 16.3. The molecule has 1 fully saturated rings. The minimum absolute atomic E-state index is 0.0126. The minimum Gasteiger partial charge on any atom is -0.391 e. The molecule has 29 heteroatoms. The van der Waals surface area contributed by atoms with Gasteiger partial charge in [-0.3, -0.25) is 52.7 Å². The van der Waals surface area contributed by atoms with Gasteiger partial charge in [0.2, 0.25) is 65.0 Å². The molecule has 0 aromatic rings. The van der Waals surface area contributed by atoms with Crippen molar-refractivity contribution >= 4 is 65.0 Å². The molecule has 0 aromatic carbocycles. The van der Waals surface area contributed by atoms with Gasteiger partial charge in [0, 0.05) is 13.0 Å². The molecule has 0 saturated carbocycles. The molecule has 0 radical (unpaired) electrons. The molecule has 29 nitrogen and oxygen atoms in total. The molecule has 0 bridgehead atoms. The van der Waals surface area contributed by atoms with Crippen molar-refractivity contribution in [3.8, 4) is 0 Å². The molecule has 1 aliphatic heterocycles. The monoisotopic (exact) mass is 1170 g/mol. The van der Waals surface area contributed by atoms with E-state index < -0.39 is 151 Å². The number of amides is 11. The third-order valence-corrected chi connectivity index (χ3v) is 13.3. The van der Waals surface area contributed by atoms with Crippen LogP contribution in [-0.4, -0.2) is 187 Å². The van der Waals surface area contributed by atoms with E-state index in [1.807, 2.05) is 0 Å². The van der Waals surface area contributed by atoms with Crippen LogP contribution in [-0.2, 0) is 52.7 Å². The Bertz CT molecular complexity index is 2060. The van der Waals surface area contributed by atoms with Gasteiger partial charge in [0.1, 0.15) is 60.4 Å². The van der Waals surface area contributed by atoms with Gasteiger partial charge in [-0.1, -0.05) is 60.8 Å². The van der Waals surface area contributed by atoms with Crippen molar-refractivity contribution < 1.29 is 63.0 Å². The molecular formula is C53H100N16O13. The van der Waals surface area contributed by atoms with Crippen LogP contribution in [0.5, 0.6) is 0 Å². The van der Waals surface area contributed by atoms with Crippen LogP contribution < -0.4 is 87.2 Å². The van der Waals surface area contributed by atoms with Crippen LogP contribution in [0, 0.1) is 17.8 Å². The van der Waals surface area contributed by atoms with Crippen LogP contribution in [0.1, 0.15) is 139 Å². The Hall–Kier alpha value is -6.11. The second-order valence-corrected chi connectivity index (χ2v) is 22.2. The summed E-state index contributed by atoms with van der Waals surface area (Å²) in [6, 6.07) is -14.5. The van der Waals surface area contributed by atoms with E-state index in [0.717, 1.165) is 19.3 Å². The van der Waals surface area contributed by atoms with E-state index in [-0.39, 0.29) is 95.9 Å². The summed E-state index contributed by atoms with van der Waals surface area (Å²) < 4.78 is 0. The zero-order chi connectivity index (χ0) is 62.2. The topological polar surface area (TPSA) is 491 Å². The fourth-order valence-electron chi connectivity index (χ4n) is 8.80. The molecule has 0 spiro atoms. The van der Waals surface area contributed by atoms with Gasteiger partial charge in [-0.15, -0.1) is 0 Å². The van der Waals surface area contributed by atoms with Crippen LogP contribution in [0.4, 0.5) is 0 Å². The van der Waals surface area contributed by atoms with Gasteiger partial charge < -0.3 is 97.4 Å². The second-order valence-electron chi connectivity index (χ2n) is 22.2. The molecule has 1 aliphatic rings. The van der Waals surface area contributed by atoms with Crippen molar-refractivity contribution in [1.29, 1.82) is 0 Å². The Labute approximate surface area is 482 Å². The summed E-state index contributed by atoms with van der Waals surface area (Å²) in [7, 11) is 0. The van der Waals surface area contributed by atoms with Crippen molar-refractivity contribution in [2.75, 3.05) is 39.3 Å². The molecule has 470 valence electrons. The maximum absolute atomic E-state index is 14.4. The Morgan fingerprint density at radius 2 is 0.927 bits per heavy atom. The third kappa shape index (κ3) is 27.8. The number of aliphatic hydroxyl groups is 2. The molecule has 1 heterocycles. The lowest BCUT2D eigenvalue weighted by atomic mass is 9.99. The van der Waals surface area contributed by atoms with E-state index >= 15 is 0 Å². The first kappa shape index (κ1) is 73.9. The summed E-state index contributed by atoms with van der Waals surface area (Å²) in [5.41, 5.74) is 29.2. The number of unbranched alkanes of at least 4 members (excludes halogenated alkanes) is 2. The summed E-state index contributed by atoms with van der Waals surface area (Å²) in [5.74, 6) is -9.47. The normalized spacial score (nSPS) is 23.1. The highest BCUT2D eigenvalue weighted by Gasteiger charge is 2.37. The standard InChI is InChI=1S/C53H100N16O13/c1-28(2)12-10-9-11-13-41(72)60-33(14-20-54)48(77)69-43(32(8)71)53(82)65-36(17-23-57)45(74)64-38-19-25-59-52(81)42(31(7)70)68-49(78)37(18-24-58)62-44(73)34(15-21-55)63-50(79)39(26-29(3)4)67-51(80)40(27-30(5)6)66-46(75)35(16-22-56)61-47(38)76/h28-40,42-43,70-71H,9-27,54-58H2,1-8H3,(H,59,81)(H,60,72)(H,61,76)(H,62,73)(H,63,79)(H,64,74)(H,65,82)(H,66,75)(H,67,80)(H,68,78)(H,69,77). The van der Waals surface area contributed by atoms with Crippen LogP contribution >= 0.6 is 0 Å². The van der Waals surface area contributed by atoms with Crippen molar-refractivity contribution in [2.45, 2.75) is 211 Å². The Morgan fingerprint density at radius 1 is 0.488 bits per heavy atom. The molecule has 0 aromatic heterocycles. The first-order valence-corrected chi connectivity index (χ1v) is 28.8. The van der Waals surface area contributed by atoms with E-state index in [1.165, 1.54) is 13.8 Å². The van der Waals surface area contributed by atoms with Gasteiger partial charge in [0.25, 0.3) is 0 Å². The predicted molar refractivity (Wildman–Crippen MR) is 305 cm³/mol. The van der Waals surface area contributed by atoms with Crippen LogP contribution in [0.25, 0.3) is 0 Å². The van der Waals surface area contributed by atoms with E-state index in [0.29, 0.717) is 12.3 Å². The van der Waals surface area contributed by atoms with Crippen molar-refractivity contribution in [1.82, 2.24) is 58.5 Å². The lowest BCUT2D eigenvalue weighted by Crippen LogP contribution is -2.62. The maximum Gasteiger partial charge on any atom is 0.245 e. The van der Waals surface area contributed by atoms with E-state index in [4.69, 9.17) is 28.7 Å². The fraction of sp³-hybridized carbons (Fsp3) is 0.792. The first-order chi connectivity index (χ1) is 38.6. The highest BCUT2D eigenvalue weighted by Crippen LogP contribution is 2.13. The predicted octanol–water partition coefficient (Wildman–Crippen LogP) is -5.44. The SMILES string of the molecule is CC(C)CCCCCC(=O)NC(CCN)C(=O)NC(C(=O)NC(CCN)C(=O)NC1CCNC(=O)C(C(C)O)NC(=O)C(CCN)NC(=O)C(CCN)NC(=O)C(CC(C)C)NC(=O)C(CC(C)C)NC(=O)C(CCN)NC1=O)C(C)O. The molecule has 1 saturated heterocycles. The second kappa shape index (κ2) is 39.4. The summed E-state index contributed by atoms with van der Waals surface area (Å²) in [5, 5.41) is 49.5. The number of carbonyl (C=O) groups excluding carboxylic acids is 11. The van der Waals surface area contributed by atoms with Gasteiger partial charge >= 0.3 is 0 Å². The van der Waals surface area contributed by atoms with Gasteiger partial charge in [-0.2, -0.15) is 0 Å². The molecule has 82 heavy (non-hydrogen) atoms. The van der Waals surface area contributed by atoms with Gasteiger partial charge in [-0.25, -0.2) is 0 Å². The largest absolute Gasteiger partial charge is 0.391 e. The first-order valence-electron chi connectivity index (χ1n) is 28.8. The lowest BCUT2D eigenvalue weighted by Gasteiger charge is -2.29. The Morgan fingerprint density at radius 3 is 1.35 bits per heavy atom. The van der Waals surface area contributed by atoms with E-state index in [9.17, 15) is 63.0 Å². The van der Waals surface area contributed by atoms with Crippen molar-refractivity contribution in [3.05, 3.63) is 0 Å². The van der Waals surface area contributed by atoms with Crippen LogP contribution in [0.3, 0.4) is 0 Å². The number of rotatable bonds is 29. The molecule has 11 amide bonds. The van der Waals surface area contributed by atoms with Crippen LogP contribution in [0.15, 0.2) is 0 Å². The minimum atomic E-state index is -1.69. The number of carbonyl (C=O) groups is 11. The molecule has 12 atom stereocenters. The maximum atomic E-state index is 14.4. The third-order valence-electron chi connectivity index (χ3n) is 13.3. The van der Waals surface area contributed by atoms with Gasteiger partial charge in [0.05, 0.1) is 12.2 Å². The summed E-state index contributed by atoms with van der Waals surface area (Å²) in [4.78, 5) is 153. The molecule has 23 N–H and O–H groups in total. The summed E-state index contributed by atoms with van der Waals surface area (Å²) in [6.07, 6.45) is -0.749. The molecule has 0 aliphatic carbocycles. The number of hydrogen-bond donors (Lipinski definition) is 18. The Balaban J connectivity index is 3.81. The average Bonchev–Trinajstić information content (AvgIpc) is 3.38. The Kier molecular flexibility index (Phi) is 35.5. The molecular weight excluding hydrogens is 1070 g/mol. The van der Waals surface area contributed by atoms with E-state index in [2.05, 4.69) is 72.3 Å². The highest BCUT2D eigenvalue weighted by molar-refractivity contribution is 5.99. The van der Waals surface area contributed by atoms with Gasteiger partial charge in [0.15, 0.2) is 0 Å². The smallest absolute Gasteiger partial charge is 0.245 e. The quantitative estimate of drug-likeness (QED) is 0.0311. The van der Waals surface area contributed by atoms with E-state index in [1.54, 1.807) is 27.7 Å². The number of nitrogens with one attached hydrogen (secondary N) is 11. The number of hydrogen-bond acceptors (Lipinski definition) is 18. The summed E-state index contributed by atoms with van der Waals surface area (Å²) in [6.45, 7) is 12.7. The van der Waals surface area contributed by atoms with Crippen LogP contribution in [0.2, 0.25) is 0 Å². The van der Waals surface area contributed by atoms with Crippen molar-refractivity contribution in [3.63, 3.8) is 0 Å². The number of nitrogens with two attached hydrogens (primary N) is 5.